The number of hydrogen-bond donors (Lipinski definition) is 1. The van der Waals surface area contributed by atoms with Gasteiger partial charge in [-0.2, -0.15) is 13.2 Å². The van der Waals surface area contributed by atoms with Gasteiger partial charge in [0.05, 0.1) is 13.0 Å². The van der Waals surface area contributed by atoms with Crippen LogP contribution in [-0.4, -0.2) is 37.8 Å². The number of halogens is 3. The first-order valence-corrected chi connectivity index (χ1v) is 10.8. The smallest absolute Gasteiger partial charge is 0.491 e. The first kappa shape index (κ1) is 26.4. The molecule has 0 radical (unpaired) electrons. The van der Waals surface area contributed by atoms with Crippen molar-refractivity contribution in [3.8, 4) is 5.75 Å². The highest BCUT2D eigenvalue weighted by Gasteiger charge is 2.42. The van der Waals surface area contributed by atoms with Crippen molar-refractivity contribution >= 4 is 11.9 Å². The fourth-order valence-electron chi connectivity index (χ4n) is 2.97. The second-order valence-electron chi connectivity index (χ2n) is 8.70. The second kappa shape index (κ2) is 11.8. The SMILES string of the molecule is CC(C)(C)c1ccc(CCOc2ccc(CCNCCC(=O)OC(=O)C(F)(F)F)cc2)cc1. The van der Waals surface area contributed by atoms with Gasteiger partial charge in [-0.15, -0.1) is 0 Å². The summed E-state index contributed by atoms with van der Waals surface area (Å²) in [5.41, 5.74) is 3.70. The summed E-state index contributed by atoms with van der Waals surface area (Å²) in [7, 11) is 0. The summed E-state index contributed by atoms with van der Waals surface area (Å²) < 4.78 is 45.6. The van der Waals surface area contributed by atoms with Gasteiger partial charge in [0.1, 0.15) is 5.75 Å². The van der Waals surface area contributed by atoms with E-state index >= 15 is 0 Å². The largest absolute Gasteiger partial charge is 0.493 e. The highest BCUT2D eigenvalue weighted by Crippen LogP contribution is 2.22. The van der Waals surface area contributed by atoms with Crippen LogP contribution in [-0.2, 0) is 32.6 Å². The zero-order valence-corrected chi connectivity index (χ0v) is 19.1. The summed E-state index contributed by atoms with van der Waals surface area (Å²) in [6, 6.07) is 16.2. The molecule has 5 nitrogen and oxygen atoms in total. The van der Waals surface area contributed by atoms with E-state index in [0.29, 0.717) is 19.6 Å². The second-order valence-corrected chi connectivity index (χ2v) is 8.70. The molecule has 0 aliphatic rings. The van der Waals surface area contributed by atoms with Crippen molar-refractivity contribution in [1.29, 1.82) is 0 Å². The molecule has 33 heavy (non-hydrogen) atoms. The van der Waals surface area contributed by atoms with Gasteiger partial charge in [-0.3, -0.25) is 4.79 Å². The Kier molecular flexibility index (Phi) is 9.46. The van der Waals surface area contributed by atoms with Gasteiger partial charge in [-0.05, 0) is 47.2 Å². The monoisotopic (exact) mass is 465 g/mol. The molecular formula is C25H30F3NO4. The molecule has 0 saturated carbocycles. The third kappa shape index (κ3) is 9.65. The number of ether oxygens (including phenoxy) is 2. The van der Waals surface area contributed by atoms with Crippen molar-refractivity contribution in [1.82, 2.24) is 5.32 Å². The van der Waals surface area contributed by atoms with Crippen LogP contribution in [0.3, 0.4) is 0 Å². The predicted molar refractivity (Wildman–Crippen MR) is 119 cm³/mol. The molecule has 180 valence electrons. The average Bonchev–Trinajstić information content (AvgIpc) is 2.73. The number of nitrogens with one attached hydrogen (secondary N) is 1. The average molecular weight is 466 g/mol. The molecule has 0 spiro atoms. The summed E-state index contributed by atoms with van der Waals surface area (Å²) in [6.45, 7) is 7.77. The highest BCUT2D eigenvalue weighted by molar-refractivity contribution is 5.88. The molecule has 2 rings (SSSR count). The predicted octanol–water partition coefficient (Wildman–Crippen LogP) is 4.76. The fraction of sp³-hybridized carbons (Fsp3) is 0.440. The Balaban J connectivity index is 1.63. The maximum Gasteiger partial charge on any atom is 0.491 e. The van der Waals surface area contributed by atoms with E-state index in [1.165, 1.54) is 11.1 Å². The maximum atomic E-state index is 12.0. The van der Waals surface area contributed by atoms with Crippen molar-refractivity contribution in [2.45, 2.75) is 51.6 Å². The Morgan fingerprint density at radius 3 is 2.00 bits per heavy atom. The third-order valence-electron chi connectivity index (χ3n) is 4.94. The van der Waals surface area contributed by atoms with E-state index in [1.54, 1.807) is 0 Å². The van der Waals surface area contributed by atoms with Crippen LogP contribution in [0, 0.1) is 0 Å². The Labute approximate surface area is 192 Å². The fourth-order valence-corrected chi connectivity index (χ4v) is 2.97. The van der Waals surface area contributed by atoms with E-state index in [2.05, 4.69) is 55.1 Å². The van der Waals surface area contributed by atoms with Gasteiger partial charge in [0, 0.05) is 13.0 Å². The van der Waals surface area contributed by atoms with E-state index in [-0.39, 0.29) is 18.4 Å². The lowest BCUT2D eigenvalue weighted by atomic mass is 9.86. The Bertz CT molecular complexity index is 901. The number of rotatable bonds is 10. The van der Waals surface area contributed by atoms with Gasteiger partial charge >= 0.3 is 18.1 Å². The molecule has 0 unspecified atom stereocenters. The minimum Gasteiger partial charge on any atom is -0.493 e. The highest BCUT2D eigenvalue weighted by atomic mass is 19.4. The quantitative estimate of drug-likeness (QED) is 0.311. The first-order chi connectivity index (χ1) is 15.4. The lowest BCUT2D eigenvalue weighted by Crippen LogP contribution is -2.29. The standard InChI is InChI=1S/C25H30F3NO4/c1-24(2,3)20-8-4-19(5-9-20)14-17-32-21-10-6-18(7-11-21)12-15-29-16-13-22(30)33-23(31)25(26,27)28/h4-11,29H,12-17H2,1-3H3. The van der Waals surface area contributed by atoms with Crippen LogP contribution < -0.4 is 10.1 Å². The molecular weight excluding hydrogens is 435 g/mol. The van der Waals surface area contributed by atoms with Crippen molar-refractivity contribution < 1.29 is 32.2 Å². The van der Waals surface area contributed by atoms with Gasteiger partial charge in [-0.1, -0.05) is 57.2 Å². The Hall–Kier alpha value is -2.87. The molecule has 2 aromatic carbocycles. The molecule has 0 aliphatic carbocycles. The zero-order chi connectivity index (χ0) is 24.5. The lowest BCUT2D eigenvalue weighted by molar-refractivity contribution is -0.201. The van der Waals surface area contributed by atoms with Crippen molar-refractivity contribution in [2.75, 3.05) is 19.7 Å². The molecule has 8 heteroatoms. The van der Waals surface area contributed by atoms with Crippen molar-refractivity contribution in [3.63, 3.8) is 0 Å². The third-order valence-corrected chi connectivity index (χ3v) is 4.94. The van der Waals surface area contributed by atoms with E-state index in [0.717, 1.165) is 17.7 Å². The zero-order valence-electron chi connectivity index (χ0n) is 19.1. The van der Waals surface area contributed by atoms with Crippen LogP contribution in [0.4, 0.5) is 13.2 Å². The number of carbonyl (C=O) groups excluding carboxylic acids is 2. The molecule has 0 heterocycles. The minimum absolute atomic E-state index is 0.113. The van der Waals surface area contributed by atoms with Crippen LogP contribution in [0.5, 0.6) is 5.75 Å². The molecule has 0 amide bonds. The van der Waals surface area contributed by atoms with Gasteiger partial charge in [0.25, 0.3) is 0 Å². The number of alkyl halides is 3. The summed E-state index contributed by atoms with van der Waals surface area (Å²) in [4.78, 5) is 21.8. The van der Waals surface area contributed by atoms with E-state index in [4.69, 9.17) is 4.74 Å². The molecule has 0 aromatic heterocycles. The molecule has 0 atom stereocenters. The van der Waals surface area contributed by atoms with Gasteiger partial charge in [0.15, 0.2) is 0 Å². The molecule has 0 aliphatic heterocycles. The minimum atomic E-state index is -5.17. The van der Waals surface area contributed by atoms with Gasteiger partial charge in [-0.25, -0.2) is 4.79 Å². The molecule has 2 aromatic rings. The number of esters is 2. The molecule has 0 bridgehead atoms. The van der Waals surface area contributed by atoms with Crippen molar-refractivity contribution in [2.24, 2.45) is 0 Å². The number of carbonyl (C=O) groups is 2. The van der Waals surface area contributed by atoms with E-state index in [1.807, 2.05) is 24.3 Å². The Morgan fingerprint density at radius 2 is 1.42 bits per heavy atom. The normalized spacial score (nSPS) is 11.8. The molecule has 0 saturated heterocycles. The van der Waals surface area contributed by atoms with Gasteiger partial charge < -0.3 is 14.8 Å². The van der Waals surface area contributed by atoms with Crippen LogP contribution in [0.1, 0.15) is 43.9 Å². The van der Waals surface area contributed by atoms with E-state index in [9.17, 15) is 22.8 Å². The lowest BCUT2D eigenvalue weighted by Gasteiger charge is -2.19. The maximum absolute atomic E-state index is 12.0. The Morgan fingerprint density at radius 1 is 0.848 bits per heavy atom. The topological polar surface area (TPSA) is 64.6 Å². The molecule has 1 N–H and O–H groups in total. The summed E-state index contributed by atoms with van der Waals surface area (Å²) in [5.74, 6) is -2.93. The van der Waals surface area contributed by atoms with Crippen LogP contribution in [0.15, 0.2) is 48.5 Å². The summed E-state index contributed by atoms with van der Waals surface area (Å²) >= 11 is 0. The van der Waals surface area contributed by atoms with Crippen LogP contribution >= 0.6 is 0 Å². The van der Waals surface area contributed by atoms with Crippen molar-refractivity contribution in [3.05, 3.63) is 65.2 Å². The van der Waals surface area contributed by atoms with Crippen LogP contribution in [0.2, 0.25) is 0 Å². The van der Waals surface area contributed by atoms with Crippen LogP contribution in [0.25, 0.3) is 0 Å². The molecule has 0 fully saturated rings. The number of hydrogen-bond acceptors (Lipinski definition) is 5. The first-order valence-electron chi connectivity index (χ1n) is 10.8. The summed E-state index contributed by atoms with van der Waals surface area (Å²) in [6.07, 6.45) is -4.02. The van der Waals surface area contributed by atoms with E-state index < -0.39 is 18.1 Å². The number of benzene rings is 2. The van der Waals surface area contributed by atoms with Gasteiger partial charge in [0.2, 0.25) is 0 Å². The summed E-state index contributed by atoms with van der Waals surface area (Å²) in [5, 5.41) is 2.93.